The molecule has 0 unspecified atom stereocenters. The van der Waals surface area contributed by atoms with Gasteiger partial charge in [0, 0.05) is 38.7 Å². The lowest BCUT2D eigenvalue weighted by molar-refractivity contribution is -0.0399. The fourth-order valence-corrected chi connectivity index (χ4v) is 13.1. The zero-order valence-corrected chi connectivity index (χ0v) is 33.7. The van der Waals surface area contributed by atoms with Gasteiger partial charge in [-0.15, -0.1) is 0 Å². The quantitative estimate of drug-likeness (QED) is 0.163. The van der Waals surface area contributed by atoms with E-state index in [2.05, 4.69) is 204 Å². The van der Waals surface area contributed by atoms with Gasteiger partial charge in [-0.2, -0.15) is 0 Å². The Bertz CT molecular complexity index is 3020. The minimum Gasteiger partial charge on any atom is -0.310 e. The molecule has 0 aliphatic heterocycles. The molecule has 0 atom stereocenters. The zero-order valence-electron chi connectivity index (χ0n) is 33.7. The van der Waals surface area contributed by atoms with Crippen molar-refractivity contribution in [1.82, 2.24) is 4.57 Å². The van der Waals surface area contributed by atoms with Crippen LogP contribution >= 0.6 is 0 Å². The largest absolute Gasteiger partial charge is 0.310 e. The molecule has 0 saturated heterocycles. The van der Waals surface area contributed by atoms with Crippen molar-refractivity contribution in [1.29, 1.82) is 0 Å². The predicted molar refractivity (Wildman–Crippen MR) is 250 cm³/mol. The summed E-state index contributed by atoms with van der Waals surface area (Å²) in [7, 11) is 0. The van der Waals surface area contributed by atoms with Crippen molar-refractivity contribution in [3.63, 3.8) is 0 Å². The maximum atomic E-state index is 2.54. The van der Waals surface area contributed by atoms with Gasteiger partial charge in [0.2, 0.25) is 0 Å². The Balaban J connectivity index is 0.979. The van der Waals surface area contributed by atoms with Crippen molar-refractivity contribution in [2.75, 3.05) is 4.90 Å². The Morgan fingerprint density at radius 1 is 0.400 bits per heavy atom. The Morgan fingerprint density at radius 2 is 0.917 bits per heavy atom. The first-order valence-electron chi connectivity index (χ1n) is 22.1. The highest BCUT2D eigenvalue weighted by atomic mass is 15.1. The molecule has 0 N–H and O–H groups in total. The minimum atomic E-state index is 0.110. The Morgan fingerprint density at radius 3 is 1.58 bits per heavy atom. The lowest BCUT2D eigenvalue weighted by atomic mass is 9.43. The molecule has 2 nitrogen and oxygen atoms in total. The van der Waals surface area contributed by atoms with E-state index in [1.807, 2.05) is 0 Å². The number of hydrogen-bond donors (Lipinski definition) is 0. The van der Waals surface area contributed by atoms with Crippen LogP contribution in [0.2, 0.25) is 0 Å². The van der Waals surface area contributed by atoms with Crippen molar-refractivity contribution in [3.8, 4) is 39.1 Å². The average Bonchev–Trinajstić information content (AvgIpc) is 3.80. The number of rotatable bonds is 6. The molecule has 4 saturated carbocycles. The second-order valence-electron chi connectivity index (χ2n) is 18.1. The van der Waals surface area contributed by atoms with Crippen molar-refractivity contribution >= 4 is 38.9 Å². The topological polar surface area (TPSA) is 8.17 Å². The van der Waals surface area contributed by atoms with Crippen LogP contribution in [0, 0.1) is 23.7 Å². The van der Waals surface area contributed by atoms with E-state index in [1.54, 1.807) is 11.1 Å². The first kappa shape index (κ1) is 34.2. The van der Waals surface area contributed by atoms with Crippen molar-refractivity contribution in [2.45, 2.75) is 37.5 Å². The smallest absolute Gasteiger partial charge is 0.0543 e. The van der Waals surface area contributed by atoms with Crippen LogP contribution in [0.5, 0.6) is 0 Å². The van der Waals surface area contributed by atoms with E-state index in [4.69, 9.17) is 0 Å². The molecule has 4 fully saturated rings. The number of anilines is 3. The molecule has 288 valence electrons. The third-order valence-electron chi connectivity index (χ3n) is 15.2. The van der Waals surface area contributed by atoms with E-state index >= 15 is 0 Å². The summed E-state index contributed by atoms with van der Waals surface area (Å²) in [6.45, 7) is 0. The first-order valence-corrected chi connectivity index (χ1v) is 22.1. The molecule has 8 aromatic carbocycles. The summed E-state index contributed by atoms with van der Waals surface area (Å²) in [5.74, 6) is 3.27. The molecule has 0 radical (unpaired) electrons. The molecule has 4 bridgehead atoms. The molecule has 2 heteroatoms. The summed E-state index contributed by atoms with van der Waals surface area (Å²) in [4.78, 5) is 2.54. The van der Waals surface area contributed by atoms with Gasteiger partial charge in [0.05, 0.1) is 22.4 Å². The van der Waals surface area contributed by atoms with Crippen LogP contribution in [0.15, 0.2) is 194 Å². The molecule has 5 aliphatic rings. The van der Waals surface area contributed by atoms with Gasteiger partial charge in [0.1, 0.15) is 0 Å². The summed E-state index contributed by atoms with van der Waals surface area (Å²) in [6, 6.07) is 72.7. The van der Waals surface area contributed by atoms with Gasteiger partial charge in [-0.3, -0.25) is 0 Å². The fraction of sp³-hybridized carbons (Fsp3) is 0.172. The molecule has 60 heavy (non-hydrogen) atoms. The maximum absolute atomic E-state index is 2.54. The van der Waals surface area contributed by atoms with E-state index in [0.29, 0.717) is 0 Å². The van der Waals surface area contributed by atoms with Crippen molar-refractivity contribution in [2.24, 2.45) is 23.7 Å². The SMILES string of the molecule is c1ccc(-c2ccc(N(c3ccc(-c4ccccc4-n4c5ccccc5c5ccccc54)cc3)c3cccc4c3-c3ccccc3C43[C@H]4CC5C[C@H](C4)C[C@@H]3C5)cc2)cc1. The van der Waals surface area contributed by atoms with Crippen LogP contribution in [0.3, 0.4) is 0 Å². The van der Waals surface area contributed by atoms with E-state index in [0.717, 1.165) is 29.4 Å². The molecular weight excluding hydrogens is 725 g/mol. The molecular formula is C58H46N2. The van der Waals surface area contributed by atoms with Gasteiger partial charge < -0.3 is 9.47 Å². The molecule has 14 rings (SSSR count). The lowest BCUT2D eigenvalue weighted by Crippen LogP contribution is -2.55. The second-order valence-corrected chi connectivity index (χ2v) is 18.1. The first-order chi connectivity index (χ1) is 29.7. The Labute approximate surface area is 352 Å². The van der Waals surface area contributed by atoms with E-state index in [9.17, 15) is 0 Å². The summed E-state index contributed by atoms with van der Waals surface area (Å²) < 4.78 is 2.44. The van der Waals surface area contributed by atoms with E-state index in [-0.39, 0.29) is 5.41 Å². The summed E-state index contributed by atoms with van der Waals surface area (Å²) in [5, 5.41) is 2.55. The number of para-hydroxylation sites is 3. The van der Waals surface area contributed by atoms with Gasteiger partial charge in [-0.1, -0.05) is 146 Å². The standard InChI is InChI=1S/C58H46N2/c1-2-13-40(14-3-1)41-25-29-45(30-26-41)59(56-24-12-20-52-57(56)50-18-4-8-19-51(50)58(52)43-34-38-33-39(36-43)37-44(58)35-38)46-31-27-42(28-32-46)47-15-5-9-21-53(47)60-54-22-10-6-16-48(54)49-17-7-11-23-55(49)60/h1-32,38-39,43-44H,33-37H2/t38-,39?,43-,44-,58?/m1/s1. The van der Waals surface area contributed by atoms with Crippen LogP contribution in [0.1, 0.15) is 43.2 Å². The number of aromatic nitrogens is 1. The molecule has 0 amide bonds. The molecule has 1 spiro atoms. The Kier molecular flexibility index (Phi) is 7.52. The third kappa shape index (κ3) is 4.88. The number of hydrogen-bond acceptors (Lipinski definition) is 1. The van der Waals surface area contributed by atoms with Gasteiger partial charge in [0.25, 0.3) is 0 Å². The number of fused-ring (bicyclic) bond motifs is 6. The van der Waals surface area contributed by atoms with Crippen LogP contribution < -0.4 is 4.90 Å². The van der Waals surface area contributed by atoms with E-state index in [1.165, 1.54) is 104 Å². The second kappa shape index (κ2) is 13.2. The van der Waals surface area contributed by atoms with Crippen molar-refractivity contribution in [3.05, 3.63) is 205 Å². The lowest BCUT2D eigenvalue weighted by Gasteiger charge is -2.61. The number of nitrogens with zero attached hydrogens (tertiary/aromatic N) is 2. The van der Waals surface area contributed by atoms with Crippen LogP contribution in [0.4, 0.5) is 17.1 Å². The normalized spacial score (nSPS) is 22.1. The monoisotopic (exact) mass is 770 g/mol. The zero-order chi connectivity index (χ0) is 39.4. The summed E-state index contributed by atoms with van der Waals surface area (Å²) in [6.07, 6.45) is 6.99. The van der Waals surface area contributed by atoms with Crippen LogP contribution in [0.25, 0.3) is 60.9 Å². The third-order valence-corrected chi connectivity index (χ3v) is 15.2. The van der Waals surface area contributed by atoms with Gasteiger partial charge in [-0.25, -0.2) is 0 Å². The highest BCUT2D eigenvalue weighted by Crippen LogP contribution is 2.70. The maximum Gasteiger partial charge on any atom is 0.0543 e. The average molecular weight is 771 g/mol. The summed E-state index contributed by atoms with van der Waals surface area (Å²) in [5.41, 5.74) is 18.3. The highest BCUT2D eigenvalue weighted by molar-refractivity contribution is 6.09. The summed E-state index contributed by atoms with van der Waals surface area (Å²) >= 11 is 0. The Hall–Kier alpha value is -6.64. The van der Waals surface area contributed by atoms with Crippen LogP contribution in [-0.4, -0.2) is 4.57 Å². The van der Waals surface area contributed by atoms with Crippen molar-refractivity contribution < 1.29 is 0 Å². The van der Waals surface area contributed by atoms with Gasteiger partial charge in [-0.05, 0) is 138 Å². The van der Waals surface area contributed by atoms with Gasteiger partial charge in [0.15, 0.2) is 0 Å². The number of benzene rings is 8. The molecule has 1 heterocycles. The fourth-order valence-electron chi connectivity index (χ4n) is 13.1. The highest BCUT2D eigenvalue weighted by Gasteiger charge is 2.61. The predicted octanol–water partition coefficient (Wildman–Crippen LogP) is 15.3. The van der Waals surface area contributed by atoms with E-state index < -0.39 is 0 Å². The molecule has 9 aromatic rings. The molecule has 5 aliphatic carbocycles. The minimum absolute atomic E-state index is 0.110. The van der Waals surface area contributed by atoms with Gasteiger partial charge >= 0.3 is 0 Å². The van der Waals surface area contributed by atoms with Crippen LogP contribution in [-0.2, 0) is 5.41 Å². The molecule has 1 aromatic heterocycles.